The quantitative estimate of drug-likeness (QED) is 0.0143. The predicted octanol–water partition coefficient (Wildman–Crippen LogP) is 2.64. The number of carbonyl (C=O) groups is 2. The number of allylic oxidation sites excluding steroid dienone is 11. The van der Waals surface area contributed by atoms with Gasteiger partial charge in [0.2, 0.25) is 11.4 Å². The van der Waals surface area contributed by atoms with Gasteiger partial charge in [0.15, 0.2) is 11.4 Å². The number of fused-ring (bicyclic) bond motifs is 2. The molecule has 4 heterocycles. The van der Waals surface area contributed by atoms with E-state index in [1.54, 1.807) is 11.9 Å². The number of benzene rings is 2. The molecule has 2 aromatic carbocycles. The second-order valence-corrected chi connectivity index (χ2v) is 27.3. The Morgan fingerprint density at radius 3 is 1.60 bits per heavy atom. The van der Waals surface area contributed by atoms with Crippen molar-refractivity contribution in [1.82, 2.24) is 15.4 Å². The molecule has 91 heavy (non-hydrogen) atoms. The topological polar surface area (TPSA) is 318 Å². The molecule has 3 atom stereocenters. The van der Waals surface area contributed by atoms with Crippen LogP contribution in [0.2, 0.25) is 0 Å². The fraction of sp³-hybridized carbons (Fsp3) is 0.532. The molecule has 0 saturated carbocycles. The monoisotopic (exact) mass is 1360 g/mol. The van der Waals surface area contributed by atoms with Gasteiger partial charge in [-0.3, -0.25) is 24.7 Å². The average molecular weight is 1370 g/mol. The Kier molecular flexibility index (Phi) is 37.3. The van der Waals surface area contributed by atoms with Crippen LogP contribution in [-0.2, 0) is 64.1 Å². The third-order valence-electron chi connectivity index (χ3n) is 16.0. The van der Waals surface area contributed by atoms with E-state index in [2.05, 4.69) is 92.1 Å². The smallest absolute Gasteiger partial charge is 0.748 e. The predicted molar refractivity (Wildman–Crippen MR) is 339 cm³/mol. The van der Waals surface area contributed by atoms with Crippen LogP contribution in [0, 0.1) is 10.8 Å². The zero-order valence-electron chi connectivity index (χ0n) is 54.3. The number of hydrazine groups is 1. The molecule has 0 radical (unpaired) electrons. The Hall–Kier alpha value is -3.37. The summed E-state index contributed by atoms with van der Waals surface area (Å²) in [5.41, 5.74) is 10.7. The molecular formula is C62H90N6Na2O17S4. The van der Waals surface area contributed by atoms with Crippen molar-refractivity contribution in [2.24, 2.45) is 15.9 Å². The maximum absolute atomic E-state index is 12.2. The number of carboxylic acids is 1. The van der Waals surface area contributed by atoms with E-state index in [9.17, 15) is 51.2 Å². The third kappa shape index (κ3) is 23.8. The summed E-state index contributed by atoms with van der Waals surface area (Å²) in [6.07, 6.45) is 22.8. The van der Waals surface area contributed by atoms with Crippen molar-refractivity contribution in [2.45, 2.75) is 162 Å². The van der Waals surface area contributed by atoms with E-state index in [-0.39, 0.29) is 122 Å². The normalized spacial score (nSPS) is 20.8. The number of ether oxygens (including phenoxy) is 1. The number of hydrogen-bond acceptors (Lipinski definition) is 22. The Bertz CT molecular complexity index is 3280. The van der Waals surface area contributed by atoms with Crippen molar-refractivity contribution < 1.29 is 148 Å². The van der Waals surface area contributed by atoms with Crippen LogP contribution in [0.5, 0.6) is 0 Å². The maximum atomic E-state index is 12.2. The molecule has 496 valence electrons. The molecule has 0 bridgehead atoms. The minimum atomic E-state index is -4.34. The first kappa shape index (κ1) is 85.6. The van der Waals surface area contributed by atoms with Gasteiger partial charge in [0.25, 0.3) is 0 Å². The molecule has 0 aromatic heterocycles. The Labute approximate surface area is 591 Å². The molecule has 4 aliphatic rings. The largest absolute Gasteiger partial charge is 1.00 e. The molecule has 0 spiro atoms. The number of carboxylic acid groups (broad SMARTS) is 1. The van der Waals surface area contributed by atoms with Crippen LogP contribution in [0.15, 0.2) is 123 Å². The van der Waals surface area contributed by atoms with Gasteiger partial charge < -0.3 is 39.6 Å². The summed E-state index contributed by atoms with van der Waals surface area (Å²) in [5.74, 6) is -2.13. The molecule has 23 nitrogen and oxygen atoms in total. The molecule has 4 aliphatic heterocycles. The zero-order valence-corrected chi connectivity index (χ0v) is 61.6. The van der Waals surface area contributed by atoms with Crippen molar-refractivity contribution in [2.75, 3.05) is 51.4 Å². The summed E-state index contributed by atoms with van der Waals surface area (Å²) in [4.78, 5) is 25.0. The second-order valence-electron chi connectivity index (χ2n) is 22.7. The molecule has 3 N–H and O–H groups in total. The molecule has 1 fully saturated rings. The van der Waals surface area contributed by atoms with Crippen LogP contribution in [-0.4, -0.2) is 142 Å². The fourth-order valence-corrected chi connectivity index (χ4v) is 13.0. The molecule has 29 heteroatoms. The van der Waals surface area contributed by atoms with Crippen molar-refractivity contribution in [3.05, 3.63) is 120 Å². The number of rotatable bonds is 31. The SMILES string of the molecule is C.CCC[N+]1=C(/C=C/C=C/C=C2\N(CCCS(=O)(=O)[O-])N=C(C)C2(C)CCC(=O)OCC)C(C)(C)c2cc(SOO[O-])ccc21.CCC[N+]1=C(/C=C/C=C/C=C2\N(CCCS(=O)(=O)[O-])NC(C)C2(C)CCC(=O)O)C(C)(C)c2cc(SOO[O-])ccc21.CO.[Na+].[Na+]. The third-order valence-corrected chi connectivity index (χ3v) is 18.7. The minimum absolute atomic E-state index is 0. The summed E-state index contributed by atoms with van der Waals surface area (Å²) in [7, 11) is -7.67. The summed E-state index contributed by atoms with van der Waals surface area (Å²) < 4.78 is 85.7. The van der Waals surface area contributed by atoms with Crippen molar-refractivity contribution >= 4 is 84.8 Å². The van der Waals surface area contributed by atoms with Gasteiger partial charge in [0.1, 0.15) is 13.1 Å². The number of esters is 1. The number of hydrogen-bond donors (Lipinski definition) is 3. The van der Waals surface area contributed by atoms with Crippen LogP contribution in [0.4, 0.5) is 11.4 Å². The summed E-state index contributed by atoms with van der Waals surface area (Å²) in [6, 6.07) is 11.7. The first-order valence-electron chi connectivity index (χ1n) is 29.0. The van der Waals surface area contributed by atoms with E-state index in [1.807, 2.05) is 118 Å². The standard InChI is InChI=1S/C31H43N3O8S2.C29H41N3O8S2.CH4O.CH4.2Na/c1-7-19-33-26-16-15-24(43-42-41-36)22-25(26)30(4,5)27(33)13-10-9-11-14-28-31(6,18-17-29(35)40-8-2)23(3)32-34(28)20-12-21-44(37,38)39;1-6-17-31-24-14-13-22(41-40-39-35)20-23(24)28(3,4)25(31)11-8-7-9-12-26-29(5,16-15-27(33)34)21(2)30-32(26)18-10-19-42(36,37)38;1-2;;;/h9-11,13-16,22H,7-8,12,17-21H2,1-6H3,(H-,36,37,38,39);7-9,11-14,20-21,30H,6,10,15-19H2,1-5H3,(H2-,33,34,35,36,37,38);2H,1H3;1H4;;/q;;;;2*+1/p-2. The van der Waals surface area contributed by atoms with Gasteiger partial charge in [-0.05, 0) is 117 Å². The van der Waals surface area contributed by atoms with Crippen LogP contribution >= 0.6 is 24.1 Å². The van der Waals surface area contributed by atoms with Crippen molar-refractivity contribution in [3.8, 4) is 0 Å². The van der Waals surface area contributed by atoms with Gasteiger partial charge in [-0.25, -0.2) is 22.3 Å². The van der Waals surface area contributed by atoms with E-state index >= 15 is 0 Å². The maximum Gasteiger partial charge on any atom is 1.00 e. The number of hydrazone groups is 1. The van der Waals surface area contributed by atoms with Crippen LogP contribution < -0.4 is 75.1 Å². The van der Waals surface area contributed by atoms with Crippen LogP contribution in [0.1, 0.15) is 146 Å². The van der Waals surface area contributed by atoms with E-state index in [4.69, 9.17) is 9.84 Å². The molecule has 2 aromatic rings. The van der Waals surface area contributed by atoms with Gasteiger partial charge in [0.05, 0.1) is 61.8 Å². The Morgan fingerprint density at radius 1 is 0.714 bits per heavy atom. The van der Waals surface area contributed by atoms with Gasteiger partial charge >= 0.3 is 71.1 Å². The summed E-state index contributed by atoms with van der Waals surface area (Å²) in [6.45, 7) is 25.0. The number of aliphatic carboxylic acids is 1. The van der Waals surface area contributed by atoms with Crippen molar-refractivity contribution in [3.63, 3.8) is 0 Å². The average Bonchev–Trinajstić information content (AvgIpc) is 1.62. The first-order chi connectivity index (χ1) is 41.5. The number of aliphatic hydroxyl groups is 1. The summed E-state index contributed by atoms with van der Waals surface area (Å²) in [5, 5.41) is 52.1. The molecular weight excluding hydrogens is 1270 g/mol. The van der Waals surface area contributed by atoms with Gasteiger partial charge in [-0.15, -0.1) is 0 Å². The fourth-order valence-electron chi connectivity index (χ4n) is 11.3. The van der Waals surface area contributed by atoms with Crippen molar-refractivity contribution in [1.29, 1.82) is 0 Å². The molecule has 6 rings (SSSR count). The number of nitrogens with zero attached hydrogens (tertiary/aromatic N) is 5. The zero-order chi connectivity index (χ0) is 65.7. The van der Waals surface area contributed by atoms with Gasteiger partial charge in [0, 0.05) is 137 Å². The summed E-state index contributed by atoms with van der Waals surface area (Å²) >= 11 is 1.74. The van der Waals surface area contributed by atoms with E-state index in [0.29, 0.717) is 26.0 Å². The Balaban J connectivity index is 0.000000859. The van der Waals surface area contributed by atoms with Crippen LogP contribution in [0.25, 0.3) is 0 Å². The number of carbonyl (C=O) groups excluding carboxylic acids is 1. The molecule has 0 amide bonds. The van der Waals surface area contributed by atoms with Crippen LogP contribution in [0.3, 0.4) is 0 Å². The van der Waals surface area contributed by atoms with E-state index < -0.39 is 48.5 Å². The van der Waals surface area contributed by atoms with Gasteiger partial charge in [-0.2, -0.15) is 22.9 Å². The Morgan fingerprint density at radius 2 is 1.18 bits per heavy atom. The number of nitrogens with one attached hydrogen (secondary N) is 1. The first-order valence-corrected chi connectivity index (χ1v) is 33.7. The molecule has 3 unspecified atom stereocenters. The number of aliphatic hydroxyl groups excluding tert-OH is 1. The van der Waals surface area contributed by atoms with E-state index in [1.165, 1.54) is 0 Å². The van der Waals surface area contributed by atoms with Gasteiger partial charge in [-0.1, -0.05) is 64.7 Å². The second kappa shape index (κ2) is 39.6. The van der Waals surface area contributed by atoms with E-state index in [0.717, 1.165) is 118 Å². The molecule has 1 saturated heterocycles. The molecule has 0 aliphatic carbocycles. The minimum Gasteiger partial charge on any atom is -0.748 e.